The Morgan fingerprint density at radius 2 is 2.10 bits per heavy atom. The number of carbonyl (C=O) groups is 1. The molecule has 0 saturated carbocycles. The standard InChI is InChI=1S/C19H23F5N4O2/c1-11-6-18(20,21)10-28(17(29)16(25)12(2)7-26-3)14(11)9-30-15-5-4-13(8-27-15)19(22,23)24/h4-5,7-8,11,14,25-26H,6,9-10H2,1-3H3/b12-7-,25-16?/t11-,14?/m1/s1. The molecule has 1 aromatic rings. The van der Waals surface area contributed by atoms with Gasteiger partial charge in [0.25, 0.3) is 11.8 Å². The molecule has 6 nitrogen and oxygen atoms in total. The van der Waals surface area contributed by atoms with Crippen LogP contribution in [0.2, 0.25) is 0 Å². The Kier molecular flexibility index (Phi) is 7.04. The highest BCUT2D eigenvalue weighted by Crippen LogP contribution is 2.35. The van der Waals surface area contributed by atoms with Crippen molar-refractivity contribution in [3.63, 3.8) is 0 Å². The molecule has 2 heterocycles. The fourth-order valence-corrected chi connectivity index (χ4v) is 3.23. The summed E-state index contributed by atoms with van der Waals surface area (Å²) in [6.45, 7) is 1.91. The normalized spacial score (nSPS) is 21.9. The second kappa shape index (κ2) is 8.97. The number of hydrogen-bond donors (Lipinski definition) is 2. The molecular weight excluding hydrogens is 411 g/mol. The number of hydrogen-bond acceptors (Lipinski definition) is 5. The Morgan fingerprint density at radius 3 is 2.63 bits per heavy atom. The number of alkyl halides is 5. The van der Waals surface area contributed by atoms with E-state index < -0.39 is 54.2 Å². The molecular formula is C19H23F5N4O2. The Balaban J connectivity index is 2.19. The van der Waals surface area contributed by atoms with Crippen LogP contribution in [0.3, 0.4) is 0 Å². The molecule has 0 bridgehead atoms. The van der Waals surface area contributed by atoms with E-state index in [0.29, 0.717) is 6.20 Å². The summed E-state index contributed by atoms with van der Waals surface area (Å²) in [5.74, 6) is -4.80. The summed E-state index contributed by atoms with van der Waals surface area (Å²) in [5.41, 5.74) is -1.11. The molecule has 2 N–H and O–H groups in total. The molecule has 1 aromatic heterocycles. The quantitative estimate of drug-likeness (QED) is 0.531. The Morgan fingerprint density at radius 1 is 1.43 bits per heavy atom. The van der Waals surface area contributed by atoms with Gasteiger partial charge >= 0.3 is 6.18 Å². The van der Waals surface area contributed by atoms with Gasteiger partial charge in [-0.05, 0) is 24.5 Å². The van der Waals surface area contributed by atoms with E-state index in [-0.39, 0.29) is 18.1 Å². The molecule has 166 valence electrons. The summed E-state index contributed by atoms with van der Waals surface area (Å²) < 4.78 is 71.5. The fourth-order valence-electron chi connectivity index (χ4n) is 3.23. The van der Waals surface area contributed by atoms with Gasteiger partial charge in [-0.2, -0.15) is 13.2 Å². The van der Waals surface area contributed by atoms with Gasteiger partial charge in [0.15, 0.2) is 0 Å². The van der Waals surface area contributed by atoms with Crippen molar-refractivity contribution in [1.82, 2.24) is 15.2 Å². The second-order valence-electron chi connectivity index (χ2n) is 7.22. The number of halogens is 5. The zero-order valence-electron chi connectivity index (χ0n) is 16.7. The van der Waals surface area contributed by atoms with Crippen molar-refractivity contribution in [2.75, 3.05) is 20.2 Å². The molecule has 11 heteroatoms. The van der Waals surface area contributed by atoms with E-state index in [1.54, 1.807) is 7.05 Å². The maximum absolute atomic E-state index is 14.1. The molecule has 0 aromatic carbocycles. The lowest BCUT2D eigenvalue weighted by Crippen LogP contribution is -2.58. The molecule has 1 aliphatic heterocycles. The highest BCUT2D eigenvalue weighted by Gasteiger charge is 2.47. The van der Waals surface area contributed by atoms with Crippen LogP contribution in [0.4, 0.5) is 22.0 Å². The van der Waals surface area contributed by atoms with E-state index in [1.165, 1.54) is 20.0 Å². The number of likely N-dealkylation sites (tertiary alicyclic amines) is 1. The number of pyridine rings is 1. The van der Waals surface area contributed by atoms with Crippen LogP contribution in [0.15, 0.2) is 30.1 Å². The van der Waals surface area contributed by atoms with Crippen molar-refractivity contribution < 1.29 is 31.5 Å². The number of nitrogens with zero attached hydrogens (tertiary/aromatic N) is 2. The van der Waals surface area contributed by atoms with Crippen LogP contribution in [0.25, 0.3) is 0 Å². The first-order valence-electron chi connectivity index (χ1n) is 9.13. The van der Waals surface area contributed by atoms with Crippen molar-refractivity contribution in [2.24, 2.45) is 5.92 Å². The van der Waals surface area contributed by atoms with Crippen LogP contribution >= 0.6 is 0 Å². The molecule has 0 aliphatic carbocycles. The minimum atomic E-state index is -4.54. The van der Waals surface area contributed by atoms with Gasteiger partial charge < -0.3 is 15.0 Å². The summed E-state index contributed by atoms with van der Waals surface area (Å²) in [6, 6.07) is 1.02. The van der Waals surface area contributed by atoms with Gasteiger partial charge in [-0.3, -0.25) is 10.2 Å². The molecule has 30 heavy (non-hydrogen) atoms. The van der Waals surface area contributed by atoms with Crippen molar-refractivity contribution in [2.45, 2.75) is 38.4 Å². The van der Waals surface area contributed by atoms with E-state index in [2.05, 4.69) is 10.3 Å². The highest BCUT2D eigenvalue weighted by molar-refractivity contribution is 6.43. The fraction of sp³-hybridized carbons (Fsp3) is 0.526. The molecule has 1 unspecified atom stereocenters. The highest BCUT2D eigenvalue weighted by atomic mass is 19.4. The average Bonchev–Trinajstić information content (AvgIpc) is 2.64. The van der Waals surface area contributed by atoms with Crippen LogP contribution < -0.4 is 10.1 Å². The summed E-state index contributed by atoms with van der Waals surface area (Å²) in [5, 5.41) is 10.7. The van der Waals surface area contributed by atoms with Gasteiger partial charge in [0.2, 0.25) is 5.88 Å². The minimum Gasteiger partial charge on any atom is -0.475 e. The first-order valence-corrected chi connectivity index (χ1v) is 9.13. The number of rotatable bonds is 6. The van der Waals surface area contributed by atoms with Crippen molar-refractivity contribution in [1.29, 1.82) is 5.41 Å². The first kappa shape index (κ1) is 23.6. The minimum absolute atomic E-state index is 0.124. The maximum atomic E-state index is 14.1. The molecule has 1 amide bonds. The predicted molar refractivity (Wildman–Crippen MR) is 99.5 cm³/mol. The lowest BCUT2D eigenvalue weighted by molar-refractivity contribution is -0.148. The number of aromatic nitrogens is 1. The number of nitrogens with one attached hydrogen (secondary N) is 2. The van der Waals surface area contributed by atoms with Gasteiger partial charge in [0.1, 0.15) is 12.3 Å². The lowest BCUT2D eigenvalue weighted by atomic mass is 9.88. The number of amides is 1. The topological polar surface area (TPSA) is 78.3 Å². The molecule has 1 fully saturated rings. The van der Waals surface area contributed by atoms with Gasteiger partial charge in [-0.25, -0.2) is 13.8 Å². The van der Waals surface area contributed by atoms with E-state index in [4.69, 9.17) is 10.1 Å². The van der Waals surface area contributed by atoms with E-state index in [9.17, 15) is 26.7 Å². The first-order chi connectivity index (χ1) is 13.9. The molecule has 1 saturated heterocycles. The van der Waals surface area contributed by atoms with Crippen LogP contribution in [-0.2, 0) is 11.0 Å². The predicted octanol–water partition coefficient (Wildman–Crippen LogP) is 3.49. The van der Waals surface area contributed by atoms with Crippen molar-refractivity contribution in [3.05, 3.63) is 35.7 Å². The largest absolute Gasteiger partial charge is 0.475 e. The van der Waals surface area contributed by atoms with Crippen LogP contribution in [0.5, 0.6) is 5.88 Å². The molecule has 0 radical (unpaired) electrons. The molecule has 2 atom stereocenters. The monoisotopic (exact) mass is 434 g/mol. The van der Waals surface area contributed by atoms with E-state index in [1.807, 2.05) is 0 Å². The van der Waals surface area contributed by atoms with Crippen molar-refractivity contribution in [3.8, 4) is 5.88 Å². The summed E-state index contributed by atoms with van der Waals surface area (Å²) in [6.07, 6.45) is -3.01. The number of carbonyl (C=O) groups excluding carboxylic acids is 1. The summed E-state index contributed by atoms with van der Waals surface area (Å²) in [4.78, 5) is 17.2. The van der Waals surface area contributed by atoms with E-state index >= 15 is 0 Å². The average molecular weight is 434 g/mol. The zero-order valence-corrected chi connectivity index (χ0v) is 16.7. The summed E-state index contributed by atoms with van der Waals surface area (Å²) >= 11 is 0. The molecule has 0 spiro atoms. The zero-order chi connectivity index (χ0) is 22.7. The molecule has 1 aliphatic rings. The van der Waals surface area contributed by atoms with Gasteiger partial charge in [0, 0.05) is 31.9 Å². The van der Waals surface area contributed by atoms with Crippen molar-refractivity contribution >= 4 is 11.6 Å². The second-order valence-corrected chi connectivity index (χ2v) is 7.22. The maximum Gasteiger partial charge on any atom is 0.417 e. The Bertz CT molecular complexity index is 808. The smallest absolute Gasteiger partial charge is 0.417 e. The third-order valence-corrected chi connectivity index (χ3v) is 4.78. The van der Waals surface area contributed by atoms with Gasteiger partial charge in [0.05, 0.1) is 18.2 Å². The number of piperidine rings is 1. The van der Waals surface area contributed by atoms with Crippen LogP contribution in [0.1, 0.15) is 25.8 Å². The van der Waals surface area contributed by atoms with Gasteiger partial charge in [-0.15, -0.1) is 0 Å². The van der Waals surface area contributed by atoms with Gasteiger partial charge in [-0.1, -0.05) is 6.92 Å². The SMILES string of the molecule is CN/C=C(/C)C(=N)C(=O)N1CC(F)(F)C[C@@H](C)C1COc1ccc(C(F)(F)F)cn1. The molecule has 2 rings (SSSR count). The van der Waals surface area contributed by atoms with E-state index in [0.717, 1.165) is 17.0 Å². The van der Waals surface area contributed by atoms with Crippen LogP contribution in [-0.4, -0.2) is 53.7 Å². The lowest BCUT2D eigenvalue weighted by Gasteiger charge is -2.43. The third kappa shape index (κ3) is 5.67. The Hall–Kier alpha value is -2.72. The van der Waals surface area contributed by atoms with Crippen LogP contribution in [0, 0.1) is 11.3 Å². The summed E-state index contributed by atoms with van der Waals surface area (Å²) in [7, 11) is 1.58. The number of ether oxygens (including phenoxy) is 1. The Labute approximate surface area is 170 Å². The third-order valence-electron chi connectivity index (χ3n) is 4.78.